The maximum absolute atomic E-state index is 12.1. The summed E-state index contributed by atoms with van der Waals surface area (Å²) in [5.41, 5.74) is 4.18. The number of hydrogen-bond acceptors (Lipinski definition) is 4. The Labute approximate surface area is 196 Å². The van der Waals surface area contributed by atoms with E-state index in [2.05, 4.69) is 47.2 Å². The van der Waals surface area contributed by atoms with Crippen LogP contribution in [0.1, 0.15) is 18.1 Å². The van der Waals surface area contributed by atoms with Gasteiger partial charge < -0.3 is 0 Å². The summed E-state index contributed by atoms with van der Waals surface area (Å²) in [5.74, 6) is 0.266. The summed E-state index contributed by atoms with van der Waals surface area (Å²) in [5, 5.41) is 19.6. The van der Waals surface area contributed by atoms with Crippen LogP contribution in [0.15, 0.2) is 82.8 Å². The first kappa shape index (κ1) is 22.1. The van der Waals surface area contributed by atoms with Crippen molar-refractivity contribution >= 4 is 37.9 Å². The average Bonchev–Trinajstić information content (AvgIpc) is 3.18. The van der Waals surface area contributed by atoms with Crippen LogP contribution in [0.3, 0.4) is 0 Å². The molecule has 0 saturated carbocycles. The van der Waals surface area contributed by atoms with Gasteiger partial charge >= 0.3 is 190 Å². The number of aromatic hydroxyl groups is 1. The topological polar surface area (TPSA) is 85.8 Å². The van der Waals surface area contributed by atoms with Gasteiger partial charge in [0.2, 0.25) is 0 Å². The number of urea groups is 1. The number of para-hydroxylation sites is 1. The Kier molecular flexibility index (Phi) is 7.26. The number of phenolic OH excluding ortho intramolecular Hbond substituents is 1. The van der Waals surface area contributed by atoms with Gasteiger partial charge in [-0.15, -0.1) is 0 Å². The molecule has 166 valence electrons. The second kappa shape index (κ2) is 10.5. The molecular formula is C25H27IN4O2. The number of hydrogen-bond donors (Lipinski definition) is 4. The van der Waals surface area contributed by atoms with Crippen LogP contribution in [0.2, 0.25) is 0 Å². The number of carbonyl (C=O) groups is 1. The van der Waals surface area contributed by atoms with Gasteiger partial charge in [0.15, 0.2) is 0 Å². The summed E-state index contributed by atoms with van der Waals surface area (Å²) >= 11 is -1.85. The average molecular weight is 542 g/mol. The molecule has 2 aliphatic rings. The molecule has 2 aromatic rings. The van der Waals surface area contributed by atoms with Crippen LogP contribution in [0.5, 0.6) is 5.75 Å². The first-order valence-corrected chi connectivity index (χ1v) is 13.7. The van der Waals surface area contributed by atoms with Gasteiger partial charge in [-0.3, -0.25) is 0 Å². The van der Waals surface area contributed by atoms with E-state index in [4.69, 9.17) is 3.21 Å². The molecule has 0 saturated heterocycles. The summed E-state index contributed by atoms with van der Waals surface area (Å²) < 4.78 is 7.17. The Hall–Kier alpha value is -3.07. The number of amides is 2. The van der Waals surface area contributed by atoms with E-state index < -0.39 is 20.1 Å². The van der Waals surface area contributed by atoms with Crippen LogP contribution in [0.25, 0.3) is 5.57 Å². The van der Waals surface area contributed by atoms with Gasteiger partial charge in [-0.2, -0.15) is 0 Å². The molecule has 0 fully saturated rings. The van der Waals surface area contributed by atoms with Crippen LogP contribution in [0.4, 0.5) is 4.79 Å². The molecule has 32 heavy (non-hydrogen) atoms. The molecule has 2 aromatic carbocycles. The van der Waals surface area contributed by atoms with Gasteiger partial charge in [-0.05, 0) is 0 Å². The molecule has 2 aliphatic heterocycles. The van der Waals surface area contributed by atoms with E-state index in [1.807, 2.05) is 42.6 Å². The zero-order valence-corrected chi connectivity index (χ0v) is 20.1. The third kappa shape index (κ3) is 5.40. The molecule has 2 amide bonds. The van der Waals surface area contributed by atoms with Gasteiger partial charge in [0.1, 0.15) is 0 Å². The fourth-order valence-corrected chi connectivity index (χ4v) is 8.20. The van der Waals surface area contributed by atoms with Crippen molar-refractivity contribution in [3.63, 3.8) is 0 Å². The summed E-state index contributed by atoms with van der Waals surface area (Å²) in [7, 11) is 0. The van der Waals surface area contributed by atoms with Crippen molar-refractivity contribution in [3.8, 4) is 5.75 Å². The van der Waals surface area contributed by atoms with E-state index in [0.29, 0.717) is 19.6 Å². The van der Waals surface area contributed by atoms with Crippen molar-refractivity contribution in [2.45, 2.75) is 13.3 Å². The monoisotopic (exact) mass is 542 g/mol. The second-order valence-electron chi connectivity index (χ2n) is 7.48. The van der Waals surface area contributed by atoms with Crippen molar-refractivity contribution in [2.24, 2.45) is 3.21 Å². The summed E-state index contributed by atoms with van der Waals surface area (Å²) in [6, 6.07) is 17.3. The number of nitrogens with zero attached hydrogens (tertiary/aromatic N) is 1. The standard InChI is InChI=1S/C25H27IN4O2/c1-18-17-30-26-22(18)15-20(21-9-5-6-10-23(21)31)16-24(26)27-13-14-29-25(32)28-12-11-19-7-3-2-4-8-19/h2-10,15-17,27,31H,11-14H2,1H3,(H2,28,29,32). The predicted octanol–water partition coefficient (Wildman–Crippen LogP) is 4.54. The summed E-state index contributed by atoms with van der Waals surface area (Å²) in [6.45, 7) is 3.80. The normalized spacial score (nSPS) is 15.7. The van der Waals surface area contributed by atoms with Crippen LogP contribution in [-0.2, 0) is 6.42 Å². The van der Waals surface area contributed by atoms with Crippen molar-refractivity contribution in [2.75, 3.05) is 19.6 Å². The molecular weight excluding hydrogens is 515 g/mol. The first-order chi connectivity index (χ1) is 15.6. The Balaban J connectivity index is 1.30. The van der Waals surface area contributed by atoms with Crippen LogP contribution in [0, 0.1) is 0 Å². The van der Waals surface area contributed by atoms with E-state index in [9.17, 15) is 9.90 Å². The van der Waals surface area contributed by atoms with Crippen molar-refractivity contribution in [1.82, 2.24) is 16.0 Å². The molecule has 4 N–H and O–H groups in total. The van der Waals surface area contributed by atoms with Gasteiger partial charge in [0.25, 0.3) is 0 Å². The Morgan fingerprint density at radius 3 is 2.53 bits per heavy atom. The number of phenols is 1. The Bertz CT molecular complexity index is 1110. The van der Waals surface area contributed by atoms with E-state index in [1.165, 1.54) is 14.7 Å². The Morgan fingerprint density at radius 1 is 0.969 bits per heavy atom. The molecule has 7 heteroatoms. The van der Waals surface area contributed by atoms with E-state index in [-0.39, 0.29) is 11.8 Å². The van der Waals surface area contributed by atoms with Crippen LogP contribution in [-0.4, -0.2) is 37.0 Å². The van der Waals surface area contributed by atoms with Gasteiger partial charge in [-0.1, -0.05) is 6.07 Å². The third-order valence-corrected chi connectivity index (χ3v) is 10.0. The fraction of sp³-hybridized carbons (Fsp3) is 0.200. The number of allylic oxidation sites excluding steroid dienone is 5. The van der Waals surface area contributed by atoms with E-state index >= 15 is 0 Å². The molecule has 6 nitrogen and oxygen atoms in total. The quantitative estimate of drug-likeness (QED) is 0.225. The predicted molar refractivity (Wildman–Crippen MR) is 139 cm³/mol. The SMILES string of the molecule is CC1=C2C=C(c3ccccc3O)C=C(NCCNC(=O)NCCc3ccccc3)I2N=C1. The molecule has 4 rings (SSSR count). The van der Waals surface area contributed by atoms with Crippen molar-refractivity contribution in [3.05, 3.63) is 90.7 Å². The van der Waals surface area contributed by atoms with E-state index in [1.54, 1.807) is 6.07 Å². The summed E-state index contributed by atoms with van der Waals surface area (Å²) in [6.07, 6.45) is 7.02. The molecule has 0 unspecified atom stereocenters. The number of carbonyl (C=O) groups excluding carboxylic acids is 1. The Morgan fingerprint density at radius 2 is 1.72 bits per heavy atom. The van der Waals surface area contributed by atoms with Crippen molar-refractivity contribution < 1.29 is 9.90 Å². The number of halogens is 1. The molecule has 0 atom stereocenters. The molecule has 0 aliphatic carbocycles. The van der Waals surface area contributed by atoms with Crippen molar-refractivity contribution in [1.29, 1.82) is 0 Å². The minimum atomic E-state index is -1.85. The minimum absolute atomic E-state index is 0.163. The number of rotatable bonds is 8. The van der Waals surface area contributed by atoms with Gasteiger partial charge in [0, 0.05) is 0 Å². The number of benzene rings is 2. The molecule has 0 aromatic heterocycles. The third-order valence-electron chi connectivity index (χ3n) is 5.13. The summed E-state index contributed by atoms with van der Waals surface area (Å²) in [4.78, 5) is 12.1. The van der Waals surface area contributed by atoms with Crippen LogP contribution < -0.4 is 16.0 Å². The van der Waals surface area contributed by atoms with E-state index in [0.717, 1.165) is 21.3 Å². The zero-order chi connectivity index (χ0) is 22.3. The number of fused-ring (bicyclic) bond motifs is 1. The molecule has 2 heterocycles. The fourth-order valence-electron chi connectivity index (χ4n) is 3.44. The molecule has 0 spiro atoms. The van der Waals surface area contributed by atoms with Gasteiger partial charge in [0.05, 0.1) is 0 Å². The molecule has 0 bridgehead atoms. The molecule has 0 radical (unpaired) electrons. The number of nitrogens with one attached hydrogen (secondary N) is 3. The first-order valence-electron chi connectivity index (χ1n) is 10.6. The van der Waals surface area contributed by atoms with Crippen LogP contribution >= 0.6 is 20.1 Å². The maximum atomic E-state index is 12.1. The van der Waals surface area contributed by atoms with Gasteiger partial charge in [-0.25, -0.2) is 0 Å². The second-order valence-corrected chi connectivity index (χ2v) is 11.9. The zero-order valence-electron chi connectivity index (χ0n) is 17.9.